The third-order valence-corrected chi connectivity index (χ3v) is 2.51. The number of halogens is 1. The number of rotatable bonds is 2. The molecular weight excluding hydrogens is 236 g/mol. The number of nitrogens with zero attached hydrogens (tertiary/aromatic N) is 2. The molecule has 0 radical (unpaired) electrons. The van der Waals surface area contributed by atoms with E-state index in [9.17, 15) is 4.79 Å². The van der Waals surface area contributed by atoms with Gasteiger partial charge in [-0.25, -0.2) is 4.98 Å². The molecule has 0 spiro atoms. The second-order valence-corrected chi connectivity index (χ2v) is 3.76. The number of pyridine rings is 1. The van der Waals surface area contributed by atoms with Crippen LogP contribution in [0.5, 0.6) is 0 Å². The maximum absolute atomic E-state index is 10.9. The van der Waals surface area contributed by atoms with Crippen LogP contribution in [-0.4, -0.2) is 11.3 Å². The molecule has 0 fully saturated rings. The van der Waals surface area contributed by atoms with Crippen LogP contribution in [0.1, 0.15) is 15.9 Å². The van der Waals surface area contributed by atoms with Gasteiger partial charge in [0.1, 0.15) is 5.15 Å². The van der Waals surface area contributed by atoms with E-state index in [0.29, 0.717) is 27.5 Å². The summed E-state index contributed by atoms with van der Waals surface area (Å²) in [6, 6.07) is 12.0. The summed E-state index contributed by atoms with van der Waals surface area (Å²) in [5, 5.41) is 9.19. The van der Waals surface area contributed by atoms with Crippen molar-refractivity contribution in [3.05, 3.63) is 52.7 Å². The quantitative estimate of drug-likeness (QED) is 0.601. The predicted molar refractivity (Wildman–Crippen MR) is 64.8 cm³/mol. The van der Waals surface area contributed by atoms with Gasteiger partial charge in [0.15, 0.2) is 6.29 Å². The Bertz CT molecular complexity index is 617. The second kappa shape index (κ2) is 4.77. The molecule has 0 bridgehead atoms. The Morgan fingerprint density at radius 2 is 2.12 bits per heavy atom. The fourth-order valence-electron chi connectivity index (χ4n) is 1.51. The minimum atomic E-state index is 0.349. The number of carbonyl (C=O) groups excluding carboxylic acids is 1. The molecule has 0 aliphatic heterocycles. The van der Waals surface area contributed by atoms with Gasteiger partial charge < -0.3 is 0 Å². The van der Waals surface area contributed by atoms with E-state index in [1.807, 2.05) is 6.07 Å². The highest BCUT2D eigenvalue weighted by Gasteiger charge is 2.07. The van der Waals surface area contributed by atoms with Crippen molar-refractivity contribution in [2.75, 3.05) is 0 Å². The van der Waals surface area contributed by atoms with Crippen LogP contribution in [0.4, 0.5) is 0 Å². The van der Waals surface area contributed by atoms with Gasteiger partial charge >= 0.3 is 0 Å². The summed E-state index contributed by atoms with van der Waals surface area (Å²) in [5.74, 6) is 0. The van der Waals surface area contributed by atoms with Crippen molar-refractivity contribution < 1.29 is 4.79 Å². The molecular formula is C13H7ClN2O. The van der Waals surface area contributed by atoms with Crippen LogP contribution in [0, 0.1) is 11.3 Å². The fraction of sp³-hybridized carbons (Fsp3) is 0. The normalized spacial score (nSPS) is 9.65. The van der Waals surface area contributed by atoms with Gasteiger partial charge in [-0.15, -0.1) is 0 Å². The number of carbonyl (C=O) groups is 1. The van der Waals surface area contributed by atoms with Gasteiger partial charge in [-0.2, -0.15) is 5.26 Å². The summed E-state index contributed by atoms with van der Waals surface area (Å²) >= 11 is 5.80. The van der Waals surface area contributed by atoms with Crippen LogP contribution < -0.4 is 0 Å². The maximum atomic E-state index is 10.9. The van der Waals surface area contributed by atoms with Gasteiger partial charge in [-0.3, -0.25) is 4.79 Å². The van der Waals surface area contributed by atoms with Crippen LogP contribution in [0.15, 0.2) is 36.4 Å². The van der Waals surface area contributed by atoms with Crippen molar-refractivity contribution in [3.8, 4) is 17.3 Å². The average molecular weight is 243 g/mol. The summed E-state index contributed by atoms with van der Waals surface area (Å²) in [6.07, 6.45) is 0.735. The first-order valence-corrected chi connectivity index (χ1v) is 5.24. The lowest BCUT2D eigenvalue weighted by Crippen LogP contribution is -1.91. The molecule has 0 saturated carbocycles. The number of nitriles is 1. The molecule has 82 valence electrons. The highest BCUT2D eigenvalue weighted by molar-refractivity contribution is 6.29. The van der Waals surface area contributed by atoms with Crippen LogP contribution in [-0.2, 0) is 0 Å². The van der Waals surface area contributed by atoms with Crippen LogP contribution in [0.25, 0.3) is 11.3 Å². The first kappa shape index (κ1) is 11.3. The third-order valence-electron chi connectivity index (χ3n) is 2.30. The first-order valence-electron chi connectivity index (χ1n) is 4.87. The highest BCUT2D eigenvalue weighted by atomic mass is 35.5. The van der Waals surface area contributed by atoms with E-state index < -0.39 is 0 Å². The molecule has 2 aromatic rings. The smallest absolute Gasteiger partial charge is 0.150 e. The molecule has 1 aromatic heterocycles. The van der Waals surface area contributed by atoms with Crippen molar-refractivity contribution in [1.82, 2.24) is 4.98 Å². The largest absolute Gasteiger partial charge is 0.298 e. The maximum Gasteiger partial charge on any atom is 0.150 e. The minimum absolute atomic E-state index is 0.349. The van der Waals surface area contributed by atoms with Gasteiger partial charge in [0, 0.05) is 11.1 Å². The Labute approximate surface area is 103 Å². The van der Waals surface area contributed by atoms with Crippen LogP contribution >= 0.6 is 11.6 Å². The highest BCUT2D eigenvalue weighted by Crippen LogP contribution is 2.23. The Hall–Kier alpha value is -2.18. The molecule has 17 heavy (non-hydrogen) atoms. The van der Waals surface area contributed by atoms with Crippen molar-refractivity contribution in [1.29, 1.82) is 5.26 Å². The van der Waals surface area contributed by atoms with E-state index >= 15 is 0 Å². The molecule has 1 aromatic carbocycles. The van der Waals surface area contributed by atoms with E-state index in [1.165, 1.54) is 0 Å². The fourth-order valence-corrected chi connectivity index (χ4v) is 1.67. The average Bonchev–Trinajstić information content (AvgIpc) is 2.38. The first-order chi connectivity index (χ1) is 8.24. The van der Waals surface area contributed by atoms with Gasteiger partial charge in [0.25, 0.3) is 0 Å². The zero-order chi connectivity index (χ0) is 12.3. The Morgan fingerprint density at radius 3 is 2.76 bits per heavy atom. The Kier molecular flexibility index (Phi) is 3.17. The standard InChI is InChI=1S/C13H7ClN2O/c14-13-3-1-2-12(16-13)11-6-9(7-15)4-5-10(11)8-17/h1-6,8H. The second-order valence-electron chi connectivity index (χ2n) is 3.38. The van der Waals surface area contributed by atoms with Gasteiger partial charge in [-0.05, 0) is 30.3 Å². The van der Waals surface area contributed by atoms with E-state index in [-0.39, 0.29) is 0 Å². The topological polar surface area (TPSA) is 53.8 Å². The molecule has 0 N–H and O–H groups in total. The van der Waals surface area contributed by atoms with Gasteiger partial charge in [0.05, 0.1) is 17.3 Å². The summed E-state index contributed by atoms with van der Waals surface area (Å²) < 4.78 is 0. The molecule has 2 rings (SSSR count). The van der Waals surface area contributed by atoms with Crippen molar-refractivity contribution in [2.45, 2.75) is 0 Å². The molecule has 1 heterocycles. The zero-order valence-corrected chi connectivity index (χ0v) is 9.48. The van der Waals surface area contributed by atoms with Crippen LogP contribution in [0.3, 0.4) is 0 Å². The van der Waals surface area contributed by atoms with Gasteiger partial charge in [-0.1, -0.05) is 17.7 Å². The third kappa shape index (κ3) is 2.32. The summed E-state index contributed by atoms with van der Waals surface area (Å²) in [7, 11) is 0. The van der Waals surface area contributed by atoms with Crippen molar-refractivity contribution in [2.24, 2.45) is 0 Å². The summed E-state index contributed by atoms with van der Waals surface area (Å²) in [4.78, 5) is 15.1. The summed E-state index contributed by atoms with van der Waals surface area (Å²) in [5.41, 5.74) is 2.16. The van der Waals surface area contributed by atoms with E-state index in [0.717, 1.165) is 6.29 Å². The Balaban J connectivity index is 2.65. The van der Waals surface area contributed by atoms with Crippen LogP contribution in [0.2, 0.25) is 5.15 Å². The molecule has 0 aliphatic rings. The van der Waals surface area contributed by atoms with E-state index in [2.05, 4.69) is 4.98 Å². The molecule has 0 saturated heterocycles. The molecule has 0 atom stereocenters. The predicted octanol–water partition coefficient (Wildman–Crippen LogP) is 3.09. The number of hydrogen-bond acceptors (Lipinski definition) is 3. The molecule has 0 amide bonds. The minimum Gasteiger partial charge on any atom is -0.298 e. The van der Waals surface area contributed by atoms with E-state index in [4.69, 9.17) is 16.9 Å². The molecule has 3 nitrogen and oxygen atoms in total. The van der Waals surface area contributed by atoms with Crippen molar-refractivity contribution in [3.63, 3.8) is 0 Å². The van der Waals surface area contributed by atoms with Crippen molar-refractivity contribution >= 4 is 17.9 Å². The number of hydrogen-bond donors (Lipinski definition) is 0. The molecule has 0 unspecified atom stereocenters. The molecule has 4 heteroatoms. The monoisotopic (exact) mass is 242 g/mol. The van der Waals surface area contributed by atoms with E-state index in [1.54, 1.807) is 36.4 Å². The number of aldehydes is 1. The van der Waals surface area contributed by atoms with Gasteiger partial charge in [0.2, 0.25) is 0 Å². The number of aromatic nitrogens is 1. The lowest BCUT2D eigenvalue weighted by atomic mass is 10.0. The number of benzene rings is 1. The zero-order valence-electron chi connectivity index (χ0n) is 8.72. The SMILES string of the molecule is N#Cc1ccc(C=O)c(-c2cccc(Cl)n2)c1. The Morgan fingerprint density at radius 1 is 1.29 bits per heavy atom. The lowest BCUT2D eigenvalue weighted by Gasteiger charge is -2.04. The molecule has 0 aliphatic carbocycles. The lowest BCUT2D eigenvalue weighted by molar-refractivity contribution is 0.112. The summed E-state index contributed by atoms with van der Waals surface area (Å²) in [6.45, 7) is 0.